The first-order chi connectivity index (χ1) is 14.4. The van der Waals surface area contributed by atoms with Crippen molar-refractivity contribution >= 4 is 11.6 Å². The number of nitrogens with zero attached hydrogens (tertiary/aromatic N) is 3. The van der Waals surface area contributed by atoms with Gasteiger partial charge in [-0.25, -0.2) is 18.7 Å². The number of carbonyl (C=O) groups excluding carboxylic acids is 1. The molecule has 0 spiro atoms. The predicted octanol–water partition coefficient (Wildman–Crippen LogP) is 5.46. The van der Waals surface area contributed by atoms with Crippen molar-refractivity contribution in [3.63, 3.8) is 0 Å². The average molecular weight is 408 g/mol. The Balaban J connectivity index is 1.75. The van der Waals surface area contributed by atoms with Crippen LogP contribution >= 0.6 is 0 Å². The number of halogens is 2. The number of benzene rings is 1. The average Bonchev–Trinajstić information content (AvgIpc) is 2.70. The number of nitrogens with one attached hydrogen (secondary N) is 1. The van der Waals surface area contributed by atoms with Crippen LogP contribution in [0.4, 0.5) is 14.5 Å². The highest BCUT2D eigenvalue weighted by atomic mass is 19.1. The molecule has 7 heteroatoms. The molecule has 30 heavy (non-hydrogen) atoms. The fourth-order valence-electron chi connectivity index (χ4n) is 3.47. The van der Waals surface area contributed by atoms with Crippen LogP contribution in [0.15, 0.2) is 42.9 Å². The highest BCUT2D eigenvalue weighted by Gasteiger charge is 2.27. The molecule has 2 aromatic heterocycles. The van der Waals surface area contributed by atoms with Crippen molar-refractivity contribution in [3.8, 4) is 11.1 Å². The Morgan fingerprint density at radius 1 is 1.07 bits per heavy atom. The molecule has 0 radical (unpaired) electrons. The molecule has 0 atom stereocenters. The number of hydrogen-bond donors (Lipinski definition) is 1. The Labute approximate surface area is 173 Å². The largest absolute Gasteiger partial charge is 0.320 e. The number of amides is 1. The van der Waals surface area contributed by atoms with Gasteiger partial charge in [0.05, 0.1) is 16.9 Å². The quantitative estimate of drug-likeness (QED) is 0.609. The zero-order valence-electron chi connectivity index (χ0n) is 16.8. The van der Waals surface area contributed by atoms with Crippen LogP contribution in [0.25, 0.3) is 11.1 Å². The van der Waals surface area contributed by atoms with Crippen molar-refractivity contribution in [2.75, 3.05) is 5.32 Å². The molecule has 1 aliphatic carbocycles. The molecule has 5 nitrogen and oxygen atoms in total. The second-order valence-electron chi connectivity index (χ2n) is 7.81. The smallest absolute Gasteiger partial charge is 0.258 e. The van der Waals surface area contributed by atoms with Crippen molar-refractivity contribution < 1.29 is 13.6 Å². The molecule has 1 fully saturated rings. The number of aromatic nitrogens is 3. The standard InChI is InChI=1S/C23H22F2N4O/c1-13(2)22-27-11-15(12-28-22)23(30)29-21-17(18-10-16(24)6-7-19(18)25)8-9-26-20(21)14-4-3-5-14/h6-14H,3-5H2,1-2H3,(H,29,30). The van der Waals surface area contributed by atoms with Gasteiger partial charge in [0.15, 0.2) is 0 Å². The molecule has 1 aromatic carbocycles. The lowest BCUT2D eigenvalue weighted by Crippen LogP contribution is -2.19. The third-order valence-electron chi connectivity index (χ3n) is 5.38. The van der Waals surface area contributed by atoms with Gasteiger partial charge >= 0.3 is 0 Å². The van der Waals surface area contributed by atoms with Gasteiger partial charge in [0.1, 0.15) is 17.5 Å². The summed E-state index contributed by atoms with van der Waals surface area (Å²) in [5.41, 5.74) is 1.87. The molecule has 1 amide bonds. The van der Waals surface area contributed by atoms with E-state index < -0.39 is 17.5 Å². The van der Waals surface area contributed by atoms with Crippen LogP contribution in [-0.4, -0.2) is 20.9 Å². The highest BCUT2D eigenvalue weighted by molar-refractivity contribution is 6.06. The summed E-state index contributed by atoms with van der Waals surface area (Å²) >= 11 is 0. The fourth-order valence-corrected chi connectivity index (χ4v) is 3.47. The zero-order chi connectivity index (χ0) is 21.3. The molecular weight excluding hydrogens is 386 g/mol. The Kier molecular flexibility index (Phi) is 5.53. The summed E-state index contributed by atoms with van der Waals surface area (Å²) in [5.74, 6) is -0.571. The van der Waals surface area contributed by atoms with Gasteiger partial charge in [-0.1, -0.05) is 20.3 Å². The summed E-state index contributed by atoms with van der Waals surface area (Å²) in [6.07, 6.45) is 7.47. The maximum absolute atomic E-state index is 14.5. The summed E-state index contributed by atoms with van der Waals surface area (Å²) in [6.45, 7) is 3.94. The first-order valence-corrected chi connectivity index (χ1v) is 10.0. The number of pyridine rings is 1. The van der Waals surface area contributed by atoms with Crippen molar-refractivity contribution in [2.45, 2.75) is 44.9 Å². The summed E-state index contributed by atoms with van der Waals surface area (Å²) < 4.78 is 28.4. The number of hydrogen-bond acceptors (Lipinski definition) is 4. The highest BCUT2D eigenvalue weighted by Crippen LogP contribution is 2.42. The van der Waals surface area contributed by atoms with E-state index in [0.717, 1.165) is 37.5 Å². The SMILES string of the molecule is CC(C)c1ncc(C(=O)Nc2c(-c3cc(F)ccc3F)ccnc2C2CCC2)cn1. The second kappa shape index (κ2) is 8.26. The lowest BCUT2D eigenvalue weighted by atomic mass is 9.81. The van der Waals surface area contributed by atoms with E-state index in [1.54, 1.807) is 12.3 Å². The third-order valence-corrected chi connectivity index (χ3v) is 5.38. The number of carbonyl (C=O) groups is 1. The molecule has 2 heterocycles. The first kappa shape index (κ1) is 20.1. The van der Waals surface area contributed by atoms with Crippen LogP contribution < -0.4 is 5.32 Å². The van der Waals surface area contributed by atoms with Crippen molar-refractivity contribution in [1.29, 1.82) is 0 Å². The normalized spacial score (nSPS) is 13.9. The Hall–Kier alpha value is -3.22. The zero-order valence-corrected chi connectivity index (χ0v) is 16.8. The topological polar surface area (TPSA) is 67.8 Å². The molecule has 0 aliphatic heterocycles. The van der Waals surface area contributed by atoms with Gasteiger partial charge in [-0.05, 0) is 37.1 Å². The maximum Gasteiger partial charge on any atom is 0.258 e. The van der Waals surface area contributed by atoms with Crippen LogP contribution in [0.2, 0.25) is 0 Å². The molecule has 1 N–H and O–H groups in total. The first-order valence-electron chi connectivity index (χ1n) is 10.0. The summed E-state index contributed by atoms with van der Waals surface area (Å²) in [5, 5.41) is 2.87. The van der Waals surface area contributed by atoms with E-state index in [9.17, 15) is 13.6 Å². The molecule has 1 aliphatic rings. The lowest BCUT2D eigenvalue weighted by Gasteiger charge is -2.28. The van der Waals surface area contributed by atoms with Crippen LogP contribution in [-0.2, 0) is 0 Å². The minimum absolute atomic E-state index is 0.0830. The van der Waals surface area contributed by atoms with E-state index in [4.69, 9.17) is 0 Å². The van der Waals surface area contributed by atoms with Crippen molar-refractivity contribution in [2.24, 2.45) is 0 Å². The van der Waals surface area contributed by atoms with Crippen molar-refractivity contribution in [1.82, 2.24) is 15.0 Å². The second-order valence-corrected chi connectivity index (χ2v) is 7.81. The van der Waals surface area contributed by atoms with E-state index in [1.807, 2.05) is 13.8 Å². The van der Waals surface area contributed by atoms with Crippen LogP contribution in [0.1, 0.15) is 66.8 Å². The minimum Gasteiger partial charge on any atom is -0.320 e. The van der Waals surface area contributed by atoms with E-state index in [0.29, 0.717) is 22.8 Å². The van der Waals surface area contributed by atoms with Gasteiger partial charge in [-0.3, -0.25) is 9.78 Å². The number of rotatable bonds is 5. The Bertz CT molecular complexity index is 1080. The summed E-state index contributed by atoms with van der Waals surface area (Å²) in [7, 11) is 0. The fraction of sp³-hybridized carbons (Fsp3) is 0.304. The van der Waals surface area contributed by atoms with E-state index in [1.165, 1.54) is 12.4 Å². The molecule has 154 valence electrons. The van der Waals surface area contributed by atoms with E-state index in [2.05, 4.69) is 20.3 Å². The van der Waals surface area contributed by atoms with Gasteiger partial charge in [0.25, 0.3) is 5.91 Å². The maximum atomic E-state index is 14.5. The monoisotopic (exact) mass is 408 g/mol. The summed E-state index contributed by atoms with van der Waals surface area (Å²) in [4.78, 5) is 25.9. The van der Waals surface area contributed by atoms with Gasteiger partial charge in [0.2, 0.25) is 0 Å². The van der Waals surface area contributed by atoms with Crippen LogP contribution in [0, 0.1) is 11.6 Å². The Morgan fingerprint density at radius 2 is 1.80 bits per heavy atom. The van der Waals surface area contributed by atoms with Gasteiger partial charge in [-0.2, -0.15) is 0 Å². The molecule has 0 unspecified atom stereocenters. The van der Waals surface area contributed by atoms with E-state index in [-0.39, 0.29) is 23.0 Å². The van der Waals surface area contributed by atoms with Gasteiger partial charge < -0.3 is 5.32 Å². The molecule has 1 saturated carbocycles. The molecular formula is C23H22F2N4O. The third kappa shape index (κ3) is 3.92. The van der Waals surface area contributed by atoms with Crippen molar-refractivity contribution in [3.05, 3.63) is 71.6 Å². The minimum atomic E-state index is -0.567. The number of anilines is 1. The molecule has 0 bridgehead atoms. The van der Waals surface area contributed by atoms with Crippen LogP contribution in [0.3, 0.4) is 0 Å². The summed E-state index contributed by atoms with van der Waals surface area (Å²) in [6, 6.07) is 4.87. The predicted molar refractivity (Wildman–Crippen MR) is 110 cm³/mol. The van der Waals surface area contributed by atoms with Gasteiger partial charge in [0, 0.05) is 41.6 Å². The van der Waals surface area contributed by atoms with Crippen LogP contribution in [0.5, 0.6) is 0 Å². The lowest BCUT2D eigenvalue weighted by molar-refractivity contribution is 0.102. The van der Waals surface area contributed by atoms with Gasteiger partial charge in [-0.15, -0.1) is 0 Å². The Morgan fingerprint density at radius 3 is 2.43 bits per heavy atom. The molecule has 0 saturated heterocycles. The van der Waals surface area contributed by atoms with E-state index >= 15 is 0 Å². The molecule has 4 rings (SSSR count). The molecule has 3 aromatic rings.